The fraction of sp³-hybridized carbons (Fsp3) is 0.182. The maximum absolute atomic E-state index is 12.5. The topological polar surface area (TPSA) is 46.9 Å². The Balaban J connectivity index is 1.61. The van der Waals surface area contributed by atoms with Gasteiger partial charge in [0, 0.05) is 26.9 Å². The van der Waals surface area contributed by atoms with E-state index in [0.717, 1.165) is 22.0 Å². The van der Waals surface area contributed by atoms with Crippen LogP contribution in [-0.2, 0) is 6.42 Å². The SMILES string of the molecule is CC(C)Cc1cn(-c2nc(C(=O)NSc3ccccc3)cs2)c2cc(Cl)ccc12. The van der Waals surface area contributed by atoms with Gasteiger partial charge in [-0.1, -0.05) is 49.7 Å². The van der Waals surface area contributed by atoms with Crippen molar-refractivity contribution in [2.24, 2.45) is 5.92 Å². The lowest BCUT2D eigenvalue weighted by molar-refractivity contribution is 0.0980. The molecule has 0 aliphatic rings. The van der Waals surface area contributed by atoms with Gasteiger partial charge < -0.3 is 0 Å². The van der Waals surface area contributed by atoms with Gasteiger partial charge in [-0.25, -0.2) is 4.98 Å². The van der Waals surface area contributed by atoms with Crippen LogP contribution in [0.3, 0.4) is 0 Å². The summed E-state index contributed by atoms with van der Waals surface area (Å²) in [4.78, 5) is 18.1. The summed E-state index contributed by atoms with van der Waals surface area (Å²) in [5, 5.41) is 4.39. The van der Waals surface area contributed by atoms with Gasteiger partial charge in [0.2, 0.25) is 0 Å². The first-order valence-electron chi connectivity index (χ1n) is 9.29. The van der Waals surface area contributed by atoms with Crippen molar-refractivity contribution in [3.63, 3.8) is 0 Å². The number of hydrogen-bond acceptors (Lipinski definition) is 4. The van der Waals surface area contributed by atoms with E-state index in [1.165, 1.54) is 34.2 Å². The number of nitrogens with one attached hydrogen (secondary N) is 1. The molecule has 148 valence electrons. The summed E-state index contributed by atoms with van der Waals surface area (Å²) in [5.41, 5.74) is 2.67. The number of rotatable bonds is 6. The van der Waals surface area contributed by atoms with Gasteiger partial charge in [-0.05, 0) is 54.1 Å². The second-order valence-electron chi connectivity index (χ2n) is 7.15. The fourth-order valence-electron chi connectivity index (χ4n) is 3.16. The first kappa shape index (κ1) is 20.0. The van der Waals surface area contributed by atoms with Crippen molar-refractivity contribution in [2.45, 2.75) is 25.2 Å². The number of aromatic nitrogens is 2. The van der Waals surface area contributed by atoms with E-state index < -0.39 is 0 Å². The molecule has 0 aliphatic heterocycles. The van der Waals surface area contributed by atoms with E-state index in [9.17, 15) is 4.79 Å². The monoisotopic (exact) mass is 441 g/mol. The summed E-state index contributed by atoms with van der Waals surface area (Å²) in [6.07, 6.45) is 3.08. The summed E-state index contributed by atoms with van der Waals surface area (Å²) >= 11 is 8.98. The summed E-state index contributed by atoms with van der Waals surface area (Å²) in [6, 6.07) is 15.6. The number of hydrogen-bond donors (Lipinski definition) is 1. The van der Waals surface area contributed by atoms with E-state index in [4.69, 9.17) is 11.6 Å². The van der Waals surface area contributed by atoms with E-state index in [2.05, 4.69) is 35.8 Å². The smallest absolute Gasteiger partial charge is 0.280 e. The van der Waals surface area contributed by atoms with Crippen molar-refractivity contribution in [1.82, 2.24) is 14.3 Å². The molecular formula is C22H20ClN3OS2. The summed E-state index contributed by atoms with van der Waals surface area (Å²) in [7, 11) is 0. The normalized spacial score (nSPS) is 11.3. The zero-order chi connectivity index (χ0) is 20.4. The molecule has 7 heteroatoms. The van der Waals surface area contributed by atoms with Crippen molar-refractivity contribution < 1.29 is 4.79 Å². The Morgan fingerprint density at radius 1 is 1.24 bits per heavy atom. The quantitative estimate of drug-likeness (QED) is 0.353. The number of benzene rings is 2. The van der Waals surface area contributed by atoms with Crippen LogP contribution in [0, 0.1) is 5.92 Å². The Morgan fingerprint density at radius 2 is 2.03 bits per heavy atom. The number of amides is 1. The first-order chi connectivity index (χ1) is 14.0. The lowest BCUT2D eigenvalue weighted by atomic mass is 10.0. The van der Waals surface area contributed by atoms with Crippen LogP contribution in [0.4, 0.5) is 0 Å². The Hall–Kier alpha value is -2.28. The third-order valence-electron chi connectivity index (χ3n) is 4.41. The highest BCUT2D eigenvalue weighted by Gasteiger charge is 2.16. The number of thiazole rings is 1. The third kappa shape index (κ3) is 4.50. The molecule has 4 nitrogen and oxygen atoms in total. The Labute approximate surface area is 183 Å². The Morgan fingerprint density at radius 3 is 2.79 bits per heavy atom. The molecule has 0 unspecified atom stereocenters. The minimum Gasteiger partial charge on any atom is -0.292 e. The van der Waals surface area contributed by atoms with Crippen molar-refractivity contribution in [3.05, 3.63) is 76.4 Å². The van der Waals surface area contributed by atoms with Crippen molar-refractivity contribution in [2.75, 3.05) is 0 Å². The average Bonchev–Trinajstić information content (AvgIpc) is 3.32. The predicted octanol–water partition coefficient (Wildman–Crippen LogP) is 6.38. The number of carbonyl (C=O) groups is 1. The zero-order valence-electron chi connectivity index (χ0n) is 16.1. The van der Waals surface area contributed by atoms with Crippen LogP contribution in [0.2, 0.25) is 5.02 Å². The summed E-state index contributed by atoms with van der Waals surface area (Å²) in [5.74, 6) is 0.329. The first-order valence-corrected chi connectivity index (χ1v) is 11.4. The molecule has 0 aliphatic carbocycles. The van der Waals surface area contributed by atoms with Crippen molar-refractivity contribution in [3.8, 4) is 5.13 Å². The highest BCUT2D eigenvalue weighted by Crippen LogP contribution is 2.30. The number of carbonyl (C=O) groups excluding carboxylic acids is 1. The van der Waals surface area contributed by atoms with Gasteiger partial charge in [0.15, 0.2) is 5.13 Å². The minimum absolute atomic E-state index is 0.210. The van der Waals surface area contributed by atoms with Crippen LogP contribution in [0.1, 0.15) is 29.9 Å². The van der Waals surface area contributed by atoms with E-state index in [-0.39, 0.29) is 5.91 Å². The zero-order valence-corrected chi connectivity index (χ0v) is 18.4. The van der Waals surface area contributed by atoms with Gasteiger partial charge in [-0.2, -0.15) is 0 Å². The molecule has 0 bridgehead atoms. The summed E-state index contributed by atoms with van der Waals surface area (Å²) < 4.78 is 4.88. The molecule has 4 rings (SSSR count). The van der Waals surface area contributed by atoms with E-state index in [1.807, 2.05) is 47.0 Å². The summed E-state index contributed by atoms with van der Waals surface area (Å²) in [6.45, 7) is 4.41. The number of halogens is 1. The highest BCUT2D eigenvalue weighted by molar-refractivity contribution is 7.98. The number of fused-ring (bicyclic) bond motifs is 1. The third-order valence-corrected chi connectivity index (χ3v) is 6.28. The molecule has 29 heavy (non-hydrogen) atoms. The molecule has 1 N–H and O–H groups in total. The van der Waals surface area contributed by atoms with Crippen LogP contribution in [0.15, 0.2) is 65.0 Å². The van der Waals surface area contributed by atoms with Gasteiger partial charge in [-0.15, -0.1) is 11.3 Å². The molecule has 4 aromatic rings. The maximum atomic E-state index is 12.5. The van der Waals surface area contributed by atoms with Gasteiger partial charge in [-0.3, -0.25) is 14.1 Å². The van der Waals surface area contributed by atoms with Gasteiger partial charge in [0.25, 0.3) is 5.91 Å². The van der Waals surface area contributed by atoms with E-state index in [0.29, 0.717) is 16.6 Å². The Kier molecular flexibility index (Phi) is 5.94. The van der Waals surface area contributed by atoms with E-state index in [1.54, 1.807) is 5.38 Å². The van der Waals surface area contributed by atoms with Crippen LogP contribution < -0.4 is 4.72 Å². The molecule has 0 atom stereocenters. The Bertz CT molecular complexity index is 1150. The largest absolute Gasteiger partial charge is 0.292 e. The maximum Gasteiger partial charge on any atom is 0.280 e. The molecule has 2 aromatic heterocycles. The molecule has 0 fully saturated rings. The van der Waals surface area contributed by atoms with Crippen LogP contribution in [0.5, 0.6) is 0 Å². The number of nitrogens with zero attached hydrogens (tertiary/aromatic N) is 2. The molecule has 0 spiro atoms. The van der Waals surface area contributed by atoms with Crippen molar-refractivity contribution >= 4 is 51.7 Å². The second-order valence-corrected chi connectivity index (χ2v) is 9.30. The molecule has 0 saturated carbocycles. The molecular weight excluding hydrogens is 422 g/mol. The van der Waals surface area contributed by atoms with Crippen LogP contribution in [-0.4, -0.2) is 15.5 Å². The second kappa shape index (κ2) is 8.61. The van der Waals surface area contributed by atoms with Crippen molar-refractivity contribution in [1.29, 1.82) is 0 Å². The highest BCUT2D eigenvalue weighted by atomic mass is 35.5. The average molecular weight is 442 g/mol. The van der Waals surface area contributed by atoms with Crippen LogP contribution in [0.25, 0.3) is 16.0 Å². The van der Waals surface area contributed by atoms with Gasteiger partial charge in [0.05, 0.1) is 5.52 Å². The lowest BCUT2D eigenvalue weighted by Gasteiger charge is -2.02. The lowest BCUT2D eigenvalue weighted by Crippen LogP contribution is -2.16. The fourth-order valence-corrected chi connectivity index (χ4v) is 4.72. The van der Waals surface area contributed by atoms with Gasteiger partial charge in [0.1, 0.15) is 5.69 Å². The molecule has 0 radical (unpaired) electrons. The van der Waals surface area contributed by atoms with Crippen LogP contribution >= 0.6 is 34.9 Å². The molecule has 1 amide bonds. The minimum atomic E-state index is -0.210. The standard InChI is InChI=1S/C22H20ClN3OS2/c1-14(2)10-15-12-26(20-11-16(23)8-9-18(15)20)22-24-19(13-28-22)21(27)25-29-17-6-4-3-5-7-17/h3-9,11-14H,10H2,1-2H3,(H,25,27). The molecule has 2 heterocycles. The molecule has 0 saturated heterocycles. The predicted molar refractivity (Wildman–Crippen MR) is 122 cm³/mol. The van der Waals surface area contributed by atoms with E-state index >= 15 is 0 Å². The van der Waals surface area contributed by atoms with Gasteiger partial charge >= 0.3 is 0 Å². The molecule has 2 aromatic carbocycles.